The minimum absolute atomic E-state index is 0.234. The molecule has 15 aromatic carbocycles. The van der Waals surface area contributed by atoms with Crippen LogP contribution in [0.5, 0.6) is 0 Å². The molecule has 0 spiro atoms. The third-order valence-electron chi connectivity index (χ3n) is 24.1. The third-order valence-corrected chi connectivity index (χ3v) is 24.1. The van der Waals surface area contributed by atoms with Crippen LogP contribution in [0, 0.1) is 11.8 Å². The van der Waals surface area contributed by atoms with Crippen LogP contribution in [0.25, 0.3) is 122 Å². The number of aromatic nitrogens is 2. The molecule has 23 rings (SSSR count). The summed E-state index contributed by atoms with van der Waals surface area (Å²) in [5.74, 6) is 1.61. The number of benzene rings is 15. The molecular formula is C99H72BN5. The van der Waals surface area contributed by atoms with Crippen molar-refractivity contribution in [3.8, 4) is 78.1 Å². The molecule has 4 fully saturated rings. The molecule has 105 heavy (non-hydrogen) atoms. The molecule has 17 aromatic rings. The zero-order chi connectivity index (χ0) is 68.8. The van der Waals surface area contributed by atoms with Gasteiger partial charge in [-0.1, -0.05) is 267 Å². The molecule has 2 saturated heterocycles. The van der Waals surface area contributed by atoms with E-state index in [0.717, 1.165) is 118 Å². The summed E-state index contributed by atoms with van der Waals surface area (Å²) in [5, 5.41) is 4.90. The van der Waals surface area contributed by atoms with Crippen LogP contribution in [0.2, 0.25) is 0 Å². The monoisotopic (exact) mass is 1340 g/mol. The maximum absolute atomic E-state index is 2.92. The van der Waals surface area contributed by atoms with Gasteiger partial charge in [-0.15, -0.1) is 0 Å². The Kier molecular flexibility index (Phi) is 13.7. The SMILES string of the molecule is c1ccc(-c2cc(-c3ccccc3)c(N3c4cc(N5C6CC7CC(C6)CC5C7)ccc4B4c5ccc(-n6c7ccccc7c7ccccc76)cc5N(c5c(-c6ccccc6)cc(-c6ccccc6)cc5-c5ccccc5)c5cc(-n6c7ccccc7c7ccccc76)cc3c54)c(-c3ccccc3)c2)cc1. The highest BCUT2D eigenvalue weighted by Gasteiger charge is 2.50. The lowest BCUT2D eigenvalue weighted by Gasteiger charge is -2.57. The second-order valence-corrected chi connectivity index (χ2v) is 29.9. The summed E-state index contributed by atoms with van der Waals surface area (Å²) < 4.78 is 5.09. The molecular weight excluding hydrogens is 1270 g/mol. The van der Waals surface area contributed by atoms with Crippen LogP contribution in [0.4, 0.5) is 39.8 Å². The molecule has 2 aliphatic carbocycles. The summed E-state index contributed by atoms with van der Waals surface area (Å²) in [6.45, 7) is -0.234. The van der Waals surface area contributed by atoms with Gasteiger partial charge in [0.25, 0.3) is 6.71 Å². The Morgan fingerprint density at radius 2 is 0.533 bits per heavy atom. The molecule has 2 saturated carbocycles. The van der Waals surface area contributed by atoms with Gasteiger partial charge in [0.1, 0.15) is 0 Å². The van der Waals surface area contributed by atoms with Crippen molar-refractivity contribution in [2.75, 3.05) is 14.7 Å². The van der Waals surface area contributed by atoms with Crippen molar-refractivity contribution in [2.45, 2.75) is 44.2 Å². The molecule has 0 radical (unpaired) electrons. The van der Waals surface area contributed by atoms with Gasteiger partial charge in [0.05, 0.1) is 39.1 Å². The lowest BCUT2D eigenvalue weighted by atomic mass is 9.33. The van der Waals surface area contributed by atoms with Crippen molar-refractivity contribution < 1.29 is 0 Å². The molecule has 6 heterocycles. The molecule has 6 aliphatic rings. The van der Waals surface area contributed by atoms with Gasteiger partial charge in [0, 0.05) is 90.0 Å². The maximum Gasteiger partial charge on any atom is 0.252 e. The van der Waals surface area contributed by atoms with Gasteiger partial charge in [-0.2, -0.15) is 0 Å². The van der Waals surface area contributed by atoms with E-state index < -0.39 is 0 Å². The van der Waals surface area contributed by atoms with Crippen molar-refractivity contribution in [1.82, 2.24) is 9.13 Å². The summed E-state index contributed by atoms with van der Waals surface area (Å²) in [6.07, 6.45) is 6.45. The van der Waals surface area contributed by atoms with Crippen LogP contribution in [0.3, 0.4) is 0 Å². The highest BCUT2D eigenvalue weighted by molar-refractivity contribution is 7.00. The largest absolute Gasteiger partial charge is 0.365 e. The smallest absolute Gasteiger partial charge is 0.252 e. The predicted molar refractivity (Wildman–Crippen MR) is 442 cm³/mol. The number of nitrogens with zero attached hydrogens (tertiary/aromatic N) is 5. The minimum Gasteiger partial charge on any atom is -0.365 e. The Bertz CT molecular complexity index is 6050. The van der Waals surface area contributed by atoms with Gasteiger partial charge >= 0.3 is 0 Å². The molecule has 0 N–H and O–H groups in total. The standard InChI is InChI=1S/C99H72BN5/c1-7-27-66(28-8-1)72-56-83(68-31-11-3-12-32-68)98(84(57-72)69-33-13-4-14-34-69)104-93-60-74(101-76-52-64-51-65(54-76)55-77(101)53-64)47-49-87(93)100-88-50-48-75(102-89-43-23-19-39-79(89)80-40-20-24-44-90(80)102)61-94(88)105(96-63-78(62-95(104)97(96)100)103-91-45-25-21-41-81(91)82-42-22-26-46-92(82)103)99-85(70-35-15-5-16-36-70)58-73(67-29-9-2-10-30-67)59-86(99)71-37-17-6-18-38-71/h1-50,56-65,76-77H,51-55H2. The van der Waals surface area contributed by atoms with E-state index in [1.165, 1.54) is 104 Å². The van der Waals surface area contributed by atoms with E-state index in [2.05, 4.69) is 376 Å². The van der Waals surface area contributed by atoms with Crippen molar-refractivity contribution in [1.29, 1.82) is 0 Å². The lowest BCUT2D eigenvalue weighted by molar-refractivity contribution is 0.0900. The average molecular weight is 1340 g/mol. The van der Waals surface area contributed by atoms with E-state index in [9.17, 15) is 0 Å². The summed E-state index contributed by atoms with van der Waals surface area (Å²) in [6, 6.07) is 135. The quantitative estimate of drug-likeness (QED) is 0.120. The highest BCUT2D eigenvalue weighted by Crippen LogP contribution is 2.57. The molecule has 0 atom stereocenters. The lowest BCUT2D eigenvalue weighted by Crippen LogP contribution is -2.62. The predicted octanol–water partition coefficient (Wildman–Crippen LogP) is 23.7. The van der Waals surface area contributed by atoms with Gasteiger partial charge in [-0.25, -0.2) is 0 Å². The molecule has 0 unspecified atom stereocenters. The Labute approximate surface area is 612 Å². The van der Waals surface area contributed by atoms with Gasteiger partial charge in [-0.05, 0) is 190 Å². The zero-order valence-electron chi connectivity index (χ0n) is 58.1. The Balaban J connectivity index is 0.934. The molecule has 4 aliphatic heterocycles. The summed E-state index contributed by atoms with van der Waals surface area (Å²) in [7, 11) is 0. The third kappa shape index (κ3) is 9.48. The Hall–Kier alpha value is -12.6. The Morgan fingerprint density at radius 3 is 0.895 bits per heavy atom. The van der Waals surface area contributed by atoms with Crippen molar-refractivity contribution in [3.63, 3.8) is 0 Å². The van der Waals surface area contributed by atoms with E-state index in [-0.39, 0.29) is 6.71 Å². The first-order valence-corrected chi connectivity index (χ1v) is 37.6. The van der Waals surface area contributed by atoms with Crippen molar-refractivity contribution in [3.05, 3.63) is 352 Å². The molecule has 4 bridgehead atoms. The number of rotatable bonds is 11. The average Bonchev–Trinajstić information content (AvgIpc) is 1.25. The van der Waals surface area contributed by atoms with Crippen LogP contribution in [0.15, 0.2) is 352 Å². The van der Waals surface area contributed by atoms with E-state index >= 15 is 0 Å². The second-order valence-electron chi connectivity index (χ2n) is 29.9. The first-order chi connectivity index (χ1) is 52.1. The molecule has 2 aromatic heterocycles. The first kappa shape index (κ1) is 60.0. The first-order valence-electron chi connectivity index (χ1n) is 37.6. The van der Waals surface area contributed by atoms with Crippen LogP contribution < -0.4 is 31.1 Å². The number of hydrogen-bond acceptors (Lipinski definition) is 3. The number of fused-ring (bicyclic) bond motifs is 10. The molecule has 0 amide bonds. The maximum atomic E-state index is 2.92. The molecule has 5 nitrogen and oxygen atoms in total. The van der Waals surface area contributed by atoms with Crippen LogP contribution >= 0.6 is 0 Å². The summed E-state index contributed by atoms with van der Waals surface area (Å²) in [5.41, 5.74) is 32.6. The minimum atomic E-state index is -0.234. The Morgan fingerprint density at radius 1 is 0.238 bits per heavy atom. The normalized spacial score (nSPS) is 16.9. The molecule has 6 heteroatoms. The van der Waals surface area contributed by atoms with Crippen molar-refractivity contribution in [2.24, 2.45) is 11.8 Å². The van der Waals surface area contributed by atoms with E-state index in [0.29, 0.717) is 12.1 Å². The number of para-hydroxylation sites is 4. The van der Waals surface area contributed by atoms with Crippen molar-refractivity contribution >= 4 is 107 Å². The number of hydrogen-bond donors (Lipinski definition) is 0. The van der Waals surface area contributed by atoms with Gasteiger partial charge in [-0.3, -0.25) is 0 Å². The summed E-state index contributed by atoms with van der Waals surface area (Å²) in [4.78, 5) is 8.44. The van der Waals surface area contributed by atoms with Gasteiger partial charge in [0.2, 0.25) is 0 Å². The van der Waals surface area contributed by atoms with Gasteiger partial charge in [0.15, 0.2) is 0 Å². The second kappa shape index (κ2) is 24.0. The van der Waals surface area contributed by atoms with Crippen LogP contribution in [-0.2, 0) is 0 Å². The molecule has 496 valence electrons. The van der Waals surface area contributed by atoms with Crippen LogP contribution in [0.1, 0.15) is 32.1 Å². The zero-order valence-corrected chi connectivity index (χ0v) is 58.1. The fourth-order valence-corrected chi connectivity index (χ4v) is 19.9. The van der Waals surface area contributed by atoms with E-state index in [1.54, 1.807) is 0 Å². The number of anilines is 7. The number of piperidine rings is 2. The summed E-state index contributed by atoms with van der Waals surface area (Å²) >= 11 is 0. The van der Waals surface area contributed by atoms with Crippen LogP contribution in [-0.4, -0.2) is 27.9 Å². The fourth-order valence-electron chi connectivity index (χ4n) is 19.9. The van der Waals surface area contributed by atoms with E-state index in [1.807, 2.05) is 0 Å². The topological polar surface area (TPSA) is 19.6 Å². The fraction of sp³-hybridized carbons (Fsp3) is 0.0909. The van der Waals surface area contributed by atoms with Gasteiger partial charge < -0.3 is 23.8 Å². The highest BCUT2D eigenvalue weighted by atomic mass is 15.2. The van der Waals surface area contributed by atoms with E-state index in [4.69, 9.17) is 0 Å².